The van der Waals surface area contributed by atoms with E-state index in [-0.39, 0.29) is 24.0 Å². The lowest BCUT2D eigenvalue weighted by Crippen LogP contribution is -2.28. The first-order valence-electron chi connectivity index (χ1n) is 11.6. The van der Waals surface area contributed by atoms with Gasteiger partial charge in [-0.05, 0) is 60.4 Å². The summed E-state index contributed by atoms with van der Waals surface area (Å²) in [6.45, 7) is 3.91. The molecule has 0 aliphatic carbocycles. The maximum atomic E-state index is 13.3. The van der Waals surface area contributed by atoms with Gasteiger partial charge in [0.15, 0.2) is 0 Å². The topological polar surface area (TPSA) is 90.5 Å². The minimum absolute atomic E-state index is 0.194. The predicted octanol–water partition coefficient (Wildman–Crippen LogP) is 4.60. The zero-order valence-corrected chi connectivity index (χ0v) is 19.6. The first-order chi connectivity index (χ1) is 17.1. The molecule has 1 N–H and O–H groups in total. The van der Waals surface area contributed by atoms with Crippen molar-refractivity contribution in [1.29, 1.82) is 0 Å². The third kappa shape index (κ3) is 4.50. The Labute approximate surface area is 201 Å². The molecule has 8 heteroatoms. The van der Waals surface area contributed by atoms with Crippen molar-refractivity contribution in [2.75, 3.05) is 5.32 Å². The molecule has 1 amide bonds. The van der Waals surface area contributed by atoms with Gasteiger partial charge in [-0.2, -0.15) is 0 Å². The molecule has 2 aromatic heterocycles. The summed E-state index contributed by atoms with van der Waals surface area (Å²) in [6.07, 6.45) is 1.84. The fourth-order valence-corrected chi connectivity index (χ4v) is 3.91. The van der Waals surface area contributed by atoms with Gasteiger partial charge in [-0.3, -0.25) is 4.79 Å². The van der Waals surface area contributed by atoms with Crippen molar-refractivity contribution in [3.05, 3.63) is 94.4 Å². The van der Waals surface area contributed by atoms with Crippen LogP contribution in [0.4, 0.5) is 5.69 Å². The lowest BCUT2D eigenvalue weighted by Gasteiger charge is -2.08. The highest BCUT2D eigenvalue weighted by atomic mass is 16.5. The normalized spacial score (nSPS) is 11.1. The van der Waals surface area contributed by atoms with Crippen LogP contribution in [0.2, 0.25) is 0 Å². The number of nitrogens with zero attached hydrogens (tertiary/aromatic N) is 4. The number of anilines is 1. The molecule has 0 saturated carbocycles. The van der Waals surface area contributed by atoms with E-state index in [1.54, 1.807) is 12.1 Å². The molecule has 0 spiro atoms. The average molecular weight is 468 g/mol. The first-order valence-corrected chi connectivity index (χ1v) is 11.6. The molecule has 0 unspecified atom stereocenters. The van der Waals surface area contributed by atoms with E-state index in [0.29, 0.717) is 22.5 Å². The third-order valence-electron chi connectivity index (χ3n) is 5.86. The van der Waals surface area contributed by atoms with Crippen molar-refractivity contribution in [2.24, 2.45) is 0 Å². The minimum Gasteiger partial charge on any atom is -0.436 e. The van der Waals surface area contributed by atoms with Crippen LogP contribution in [-0.4, -0.2) is 25.1 Å². The molecule has 2 heterocycles. The molecular weight excluding hydrogens is 442 g/mol. The number of amides is 1. The summed E-state index contributed by atoms with van der Waals surface area (Å²) < 4.78 is 8.61. The van der Waals surface area contributed by atoms with Gasteiger partial charge in [0.25, 0.3) is 5.88 Å². The minimum atomic E-state index is -0.443. The Bertz CT molecular complexity index is 1570. The van der Waals surface area contributed by atoms with Crippen LogP contribution in [-0.2, 0) is 24.2 Å². The smallest absolute Gasteiger partial charge is 0.351 e. The maximum absolute atomic E-state index is 13.3. The summed E-state index contributed by atoms with van der Waals surface area (Å²) in [5.74, 6) is 0.427. The number of carbonyl (C=O) groups excluding carboxylic acids is 1. The molecule has 0 aliphatic heterocycles. The van der Waals surface area contributed by atoms with Crippen LogP contribution in [0.5, 0.6) is 11.6 Å². The molecule has 0 fully saturated rings. The fourth-order valence-electron chi connectivity index (χ4n) is 3.91. The van der Waals surface area contributed by atoms with E-state index in [2.05, 4.69) is 29.2 Å². The Morgan fingerprint density at radius 3 is 2.26 bits per heavy atom. The number of nitrogens with one attached hydrogen (secondary N) is 1. The van der Waals surface area contributed by atoms with E-state index < -0.39 is 5.69 Å². The van der Waals surface area contributed by atoms with Crippen LogP contribution in [0.15, 0.2) is 77.6 Å². The Morgan fingerprint density at radius 1 is 0.914 bits per heavy atom. The van der Waals surface area contributed by atoms with Gasteiger partial charge in [0.2, 0.25) is 11.6 Å². The summed E-state index contributed by atoms with van der Waals surface area (Å²) in [6, 6.07) is 22.5. The van der Waals surface area contributed by atoms with Gasteiger partial charge >= 0.3 is 5.69 Å². The second kappa shape index (κ2) is 9.42. The number of hydrogen-bond acceptors (Lipinski definition) is 5. The van der Waals surface area contributed by atoms with E-state index in [1.807, 2.05) is 60.7 Å². The summed E-state index contributed by atoms with van der Waals surface area (Å²) >= 11 is 0. The van der Waals surface area contributed by atoms with Crippen LogP contribution >= 0.6 is 0 Å². The van der Waals surface area contributed by atoms with Crippen molar-refractivity contribution in [3.63, 3.8) is 0 Å². The van der Waals surface area contributed by atoms with Crippen LogP contribution in [0.3, 0.4) is 0 Å². The van der Waals surface area contributed by atoms with Crippen molar-refractivity contribution in [1.82, 2.24) is 19.2 Å². The Hall–Kier alpha value is -4.46. The molecule has 5 rings (SSSR count). The van der Waals surface area contributed by atoms with Gasteiger partial charge in [0.1, 0.15) is 12.3 Å². The van der Waals surface area contributed by atoms with Gasteiger partial charge in [0, 0.05) is 5.69 Å². The first kappa shape index (κ1) is 22.3. The van der Waals surface area contributed by atoms with Gasteiger partial charge in [0.05, 0.1) is 11.0 Å². The molecule has 0 atom stereocenters. The Morgan fingerprint density at radius 2 is 1.57 bits per heavy atom. The standard InChI is InChI=1S/C27H25N5O3/c1-3-18-9-13-20(14-10-18)28-24(33)17-31-27(34)32-23-8-6-5-7-22(23)29-26(25(32)30-31)35-21-15-11-19(4-2)12-16-21/h5-16H,3-4,17H2,1-2H3,(H,28,33). The number of para-hydroxylation sites is 2. The van der Waals surface area contributed by atoms with Crippen LogP contribution in [0, 0.1) is 0 Å². The van der Waals surface area contributed by atoms with Crippen LogP contribution in [0.25, 0.3) is 16.7 Å². The predicted molar refractivity (Wildman–Crippen MR) is 135 cm³/mol. The second-order valence-electron chi connectivity index (χ2n) is 8.20. The molecule has 0 aliphatic rings. The quantitative estimate of drug-likeness (QED) is 0.378. The monoisotopic (exact) mass is 467 g/mol. The number of carbonyl (C=O) groups is 1. The molecule has 0 saturated heterocycles. The second-order valence-corrected chi connectivity index (χ2v) is 8.20. The largest absolute Gasteiger partial charge is 0.436 e. The maximum Gasteiger partial charge on any atom is 0.351 e. The number of benzene rings is 3. The number of ether oxygens (including phenoxy) is 1. The van der Waals surface area contributed by atoms with Gasteiger partial charge in [-0.15, -0.1) is 5.10 Å². The summed E-state index contributed by atoms with van der Waals surface area (Å²) in [4.78, 5) is 30.6. The van der Waals surface area contributed by atoms with Gasteiger partial charge in [-0.1, -0.05) is 50.2 Å². The summed E-state index contributed by atoms with van der Waals surface area (Å²) in [7, 11) is 0. The molecule has 0 radical (unpaired) electrons. The molecule has 176 valence electrons. The van der Waals surface area contributed by atoms with Crippen LogP contribution < -0.4 is 15.7 Å². The number of hydrogen-bond donors (Lipinski definition) is 1. The average Bonchev–Trinajstić information content (AvgIpc) is 3.21. The number of aromatic nitrogens is 4. The zero-order chi connectivity index (χ0) is 24.4. The lowest BCUT2D eigenvalue weighted by molar-refractivity contribution is -0.117. The highest BCUT2D eigenvalue weighted by molar-refractivity contribution is 5.90. The Kier molecular flexibility index (Phi) is 6.01. The fraction of sp³-hybridized carbons (Fsp3) is 0.185. The molecule has 5 aromatic rings. The zero-order valence-electron chi connectivity index (χ0n) is 19.6. The number of rotatable bonds is 7. The molecule has 3 aromatic carbocycles. The summed E-state index contributed by atoms with van der Waals surface area (Å²) in [5.41, 5.74) is 4.00. The molecule has 35 heavy (non-hydrogen) atoms. The number of aryl methyl sites for hydroxylation is 2. The molecule has 0 bridgehead atoms. The van der Waals surface area contributed by atoms with E-state index in [9.17, 15) is 9.59 Å². The van der Waals surface area contributed by atoms with Crippen molar-refractivity contribution in [2.45, 2.75) is 33.2 Å². The van der Waals surface area contributed by atoms with Gasteiger partial charge < -0.3 is 10.1 Å². The van der Waals surface area contributed by atoms with E-state index in [0.717, 1.165) is 17.5 Å². The highest BCUT2D eigenvalue weighted by Crippen LogP contribution is 2.26. The Balaban J connectivity index is 1.51. The third-order valence-corrected chi connectivity index (χ3v) is 5.86. The van der Waals surface area contributed by atoms with E-state index in [1.165, 1.54) is 15.5 Å². The summed E-state index contributed by atoms with van der Waals surface area (Å²) in [5, 5.41) is 7.24. The molecular formula is C27H25N5O3. The lowest BCUT2D eigenvalue weighted by atomic mass is 10.1. The van der Waals surface area contributed by atoms with Crippen molar-refractivity contribution < 1.29 is 9.53 Å². The van der Waals surface area contributed by atoms with Crippen molar-refractivity contribution in [3.8, 4) is 11.6 Å². The van der Waals surface area contributed by atoms with E-state index >= 15 is 0 Å². The van der Waals surface area contributed by atoms with Crippen LogP contribution in [0.1, 0.15) is 25.0 Å². The van der Waals surface area contributed by atoms with Crippen molar-refractivity contribution >= 4 is 28.3 Å². The SMILES string of the molecule is CCc1ccc(NC(=O)Cn2nc3c(Oc4ccc(CC)cc4)nc4ccccc4n3c2=O)cc1. The van der Waals surface area contributed by atoms with Gasteiger partial charge in [-0.25, -0.2) is 18.9 Å². The molecule has 8 nitrogen and oxygen atoms in total. The van der Waals surface area contributed by atoms with E-state index in [4.69, 9.17) is 4.74 Å². The number of fused-ring (bicyclic) bond motifs is 3. The highest BCUT2D eigenvalue weighted by Gasteiger charge is 2.19.